The zero-order chi connectivity index (χ0) is 11.1. The van der Waals surface area contributed by atoms with E-state index in [-0.39, 0.29) is 11.7 Å². The van der Waals surface area contributed by atoms with Gasteiger partial charge in [-0.15, -0.1) is 11.6 Å². The molecule has 1 heterocycles. The van der Waals surface area contributed by atoms with Gasteiger partial charge in [-0.05, 0) is 25.0 Å². The van der Waals surface area contributed by atoms with E-state index in [0.29, 0.717) is 12.3 Å². The Balaban J connectivity index is 2.37. The Labute approximate surface area is 92.7 Å². The van der Waals surface area contributed by atoms with Crippen molar-refractivity contribution in [2.45, 2.75) is 19.3 Å². The summed E-state index contributed by atoms with van der Waals surface area (Å²) in [6.45, 7) is 0. The van der Waals surface area contributed by atoms with Gasteiger partial charge in [-0.3, -0.25) is 4.79 Å². The zero-order valence-corrected chi connectivity index (χ0v) is 8.93. The Hall–Kier alpha value is -1.16. The van der Waals surface area contributed by atoms with Crippen LogP contribution < -0.4 is 5.32 Å². The summed E-state index contributed by atoms with van der Waals surface area (Å²) in [7, 11) is 0. The number of anilines is 1. The van der Waals surface area contributed by atoms with Gasteiger partial charge < -0.3 is 5.32 Å². The second-order valence-corrected chi connectivity index (χ2v) is 3.42. The smallest absolute Gasteiger partial charge is 0.225 e. The molecule has 82 valence electrons. The molecule has 0 radical (unpaired) electrons. The molecule has 1 rings (SSSR count). The third-order valence-electron chi connectivity index (χ3n) is 1.77. The van der Waals surface area contributed by atoms with Gasteiger partial charge in [0.1, 0.15) is 5.82 Å². The number of pyridine rings is 1. The number of aromatic nitrogens is 1. The molecule has 15 heavy (non-hydrogen) atoms. The van der Waals surface area contributed by atoms with E-state index in [9.17, 15) is 9.18 Å². The third kappa shape index (κ3) is 4.74. The standard InChI is InChI=1S/C10H12ClFN2O/c11-7-2-1-6-10(15)14-9-5-3-4-8(12)13-9/h3-5H,1-2,6-7H2,(H,13,14,15). The van der Waals surface area contributed by atoms with Crippen molar-refractivity contribution in [3.63, 3.8) is 0 Å². The lowest BCUT2D eigenvalue weighted by Crippen LogP contribution is -2.12. The van der Waals surface area contributed by atoms with Crippen molar-refractivity contribution in [3.8, 4) is 0 Å². The Morgan fingerprint density at radius 3 is 2.93 bits per heavy atom. The number of halogens is 2. The minimum atomic E-state index is -0.603. The molecule has 0 aliphatic heterocycles. The normalized spacial score (nSPS) is 10.0. The highest BCUT2D eigenvalue weighted by Gasteiger charge is 2.03. The minimum Gasteiger partial charge on any atom is -0.311 e. The van der Waals surface area contributed by atoms with E-state index >= 15 is 0 Å². The molecule has 1 N–H and O–H groups in total. The highest BCUT2D eigenvalue weighted by atomic mass is 35.5. The summed E-state index contributed by atoms with van der Waals surface area (Å²) in [6.07, 6.45) is 1.90. The largest absolute Gasteiger partial charge is 0.311 e. The van der Waals surface area contributed by atoms with Crippen LogP contribution in [0.15, 0.2) is 18.2 Å². The van der Waals surface area contributed by atoms with Crippen LogP contribution in [0, 0.1) is 5.95 Å². The second-order valence-electron chi connectivity index (χ2n) is 3.04. The summed E-state index contributed by atoms with van der Waals surface area (Å²) >= 11 is 5.47. The Morgan fingerprint density at radius 1 is 1.47 bits per heavy atom. The van der Waals surface area contributed by atoms with E-state index in [2.05, 4.69) is 10.3 Å². The summed E-state index contributed by atoms with van der Waals surface area (Å²) in [5.41, 5.74) is 0. The van der Waals surface area contributed by atoms with E-state index in [1.54, 1.807) is 6.07 Å². The first-order valence-corrected chi connectivity index (χ1v) is 5.24. The molecule has 0 saturated carbocycles. The van der Waals surface area contributed by atoms with Crippen molar-refractivity contribution >= 4 is 23.3 Å². The SMILES string of the molecule is O=C(CCCCCl)Nc1cccc(F)n1. The van der Waals surface area contributed by atoms with Gasteiger partial charge in [0.05, 0.1) is 0 Å². The molecule has 0 aromatic carbocycles. The molecule has 0 unspecified atom stereocenters. The van der Waals surface area contributed by atoms with Crippen molar-refractivity contribution in [3.05, 3.63) is 24.1 Å². The summed E-state index contributed by atoms with van der Waals surface area (Å²) in [6, 6.07) is 4.27. The van der Waals surface area contributed by atoms with Gasteiger partial charge >= 0.3 is 0 Å². The number of carbonyl (C=O) groups excluding carboxylic acids is 1. The van der Waals surface area contributed by atoms with Crippen LogP contribution in [0.4, 0.5) is 10.2 Å². The number of nitrogens with zero attached hydrogens (tertiary/aromatic N) is 1. The van der Waals surface area contributed by atoms with Crippen molar-refractivity contribution in [1.29, 1.82) is 0 Å². The minimum absolute atomic E-state index is 0.168. The Kier molecular flexibility index (Phi) is 5.04. The van der Waals surface area contributed by atoms with Gasteiger partial charge in [0.15, 0.2) is 0 Å². The molecule has 0 aliphatic carbocycles. The van der Waals surface area contributed by atoms with Gasteiger partial charge in [-0.2, -0.15) is 4.39 Å². The van der Waals surface area contributed by atoms with Crippen LogP contribution in [-0.2, 0) is 4.79 Å². The van der Waals surface area contributed by atoms with Crippen molar-refractivity contribution in [2.24, 2.45) is 0 Å². The fraction of sp³-hybridized carbons (Fsp3) is 0.400. The summed E-state index contributed by atoms with van der Waals surface area (Å²) in [5.74, 6) is 0.0172. The number of alkyl halides is 1. The fourth-order valence-electron chi connectivity index (χ4n) is 1.06. The van der Waals surface area contributed by atoms with Gasteiger partial charge in [-0.25, -0.2) is 4.98 Å². The molecular formula is C10H12ClFN2O. The van der Waals surface area contributed by atoms with Gasteiger partial charge in [0.2, 0.25) is 11.9 Å². The first-order chi connectivity index (χ1) is 7.22. The average Bonchev–Trinajstić information content (AvgIpc) is 2.18. The predicted molar refractivity (Wildman–Crippen MR) is 57.4 cm³/mol. The highest BCUT2D eigenvalue weighted by Crippen LogP contribution is 2.05. The molecule has 1 aromatic heterocycles. The average molecular weight is 231 g/mol. The topological polar surface area (TPSA) is 42.0 Å². The molecule has 0 saturated heterocycles. The van der Waals surface area contributed by atoms with Gasteiger partial charge in [-0.1, -0.05) is 6.07 Å². The van der Waals surface area contributed by atoms with Crippen molar-refractivity contribution < 1.29 is 9.18 Å². The second kappa shape index (κ2) is 6.35. The van der Waals surface area contributed by atoms with E-state index in [4.69, 9.17) is 11.6 Å². The molecule has 0 atom stereocenters. The lowest BCUT2D eigenvalue weighted by atomic mass is 10.2. The van der Waals surface area contributed by atoms with Crippen LogP contribution >= 0.6 is 11.6 Å². The molecule has 0 fully saturated rings. The van der Waals surface area contributed by atoms with Gasteiger partial charge in [0, 0.05) is 12.3 Å². The maximum atomic E-state index is 12.6. The number of unbranched alkanes of at least 4 members (excludes halogenated alkanes) is 1. The van der Waals surface area contributed by atoms with E-state index < -0.39 is 5.95 Å². The zero-order valence-electron chi connectivity index (χ0n) is 8.17. The molecule has 0 aliphatic rings. The molecule has 3 nitrogen and oxygen atoms in total. The number of nitrogens with one attached hydrogen (secondary N) is 1. The lowest BCUT2D eigenvalue weighted by molar-refractivity contribution is -0.116. The van der Waals surface area contributed by atoms with Gasteiger partial charge in [0.25, 0.3) is 0 Å². The quantitative estimate of drug-likeness (QED) is 0.480. The molecule has 1 aromatic rings. The first-order valence-electron chi connectivity index (χ1n) is 4.71. The number of amides is 1. The van der Waals surface area contributed by atoms with Crippen molar-refractivity contribution in [1.82, 2.24) is 4.98 Å². The van der Waals surface area contributed by atoms with Crippen LogP contribution in [0.1, 0.15) is 19.3 Å². The van der Waals surface area contributed by atoms with E-state index in [1.807, 2.05) is 0 Å². The summed E-state index contributed by atoms with van der Waals surface area (Å²) in [5, 5.41) is 2.51. The van der Waals surface area contributed by atoms with Crippen molar-refractivity contribution in [2.75, 3.05) is 11.2 Å². The van der Waals surface area contributed by atoms with Crippen LogP contribution in [0.5, 0.6) is 0 Å². The van der Waals surface area contributed by atoms with Crippen LogP contribution in [0.3, 0.4) is 0 Å². The molecule has 5 heteroatoms. The number of carbonyl (C=O) groups is 1. The predicted octanol–water partition coefficient (Wildman–Crippen LogP) is 2.57. The maximum absolute atomic E-state index is 12.6. The monoisotopic (exact) mass is 230 g/mol. The number of rotatable bonds is 5. The Bertz CT molecular complexity index is 333. The first kappa shape index (κ1) is 11.9. The maximum Gasteiger partial charge on any atom is 0.225 e. The van der Waals surface area contributed by atoms with Crippen LogP contribution in [0.25, 0.3) is 0 Å². The molecule has 0 spiro atoms. The van der Waals surface area contributed by atoms with E-state index in [1.165, 1.54) is 12.1 Å². The fourth-order valence-corrected chi connectivity index (χ4v) is 1.25. The third-order valence-corrected chi connectivity index (χ3v) is 2.04. The summed E-state index contributed by atoms with van der Waals surface area (Å²) in [4.78, 5) is 14.8. The molecular weight excluding hydrogens is 219 g/mol. The van der Waals surface area contributed by atoms with Crippen LogP contribution in [-0.4, -0.2) is 16.8 Å². The number of hydrogen-bond acceptors (Lipinski definition) is 2. The summed E-state index contributed by atoms with van der Waals surface area (Å²) < 4.78 is 12.6. The number of hydrogen-bond donors (Lipinski definition) is 1. The molecule has 0 bridgehead atoms. The van der Waals surface area contributed by atoms with E-state index in [0.717, 1.165) is 12.8 Å². The molecule has 1 amide bonds. The van der Waals surface area contributed by atoms with Crippen LogP contribution in [0.2, 0.25) is 0 Å². The Morgan fingerprint density at radius 2 is 2.27 bits per heavy atom. The lowest BCUT2D eigenvalue weighted by Gasteiger charge is -2.03. The highest BCUT2D eigenvalue weighted by molar-refractivity contribution is 6.17.